The standard InChI is InChI=1S/C13H23NO2.C13H22NO2.Zn/c2*15-11-7-3-1-5-9(11)13-14-10-6-2-4-8-12(10)16-13;/h9-15H,1-8H2;9-13,15H,1-8H2;/q;-1;. The fraction of sp³-hybridized carbons (Fsp3) is 1.00. The first-order chi connectivity index (χ1) is 15.7. The number of fused-ring (bicyclic) bond motifs is 2. The molecule has 3 N–H and O–H groups in total. The van der Waals surface area contributed by atoms with Crippen molar-refractivity contribution in [3.8, 4) is 0 Å². The predicted molar refractivity (Wildman–Crippen MR) is 124 cm³/mol. The third-order valence-corrected chi connectivity index (χ3v) is 9.04. The summed E-state index contributed by atoms with van der Waals surface area (Å²) in [6.45, 7) is 0. The molecular formula is C26H45N2O4Zn-. The van der Waals surface area contributed by atoms with E-state index in [2.05, 4.69) is 5.32 Å². The van der Waals surface area contributed by atoms with Gasteiger partial charge in [-0.15, -0.1) is 6.04 Å². The minimum Gasteiger partial charge on any atom is -0.631 e. The molecule has 0 aromatic rings. The monoisotopic (exact) mass is 513 g/mol. The van der Waals surface area contributed by atoms with E-state index in [-0.39, 0.29) is 50.1 Å². The van der Waals surface area contributed by atoms with E-state index < -0.39 is 0 Å². The summed E-state index contributed by atoms with van der Waals surface area (Å²) in [6.07, 6.45) is 19.6. The first-order valence-electron chi connectivity index (χ1n) is 13.8. The molecule has 4 saturated carbocycles. The van der Waals surface area contributed by atoms with E-state index >= 15 is 0 Å². The van der Waals surface area contributed by atoms with E-state index in [9.17, 15) is 10.2 Å². The van der Waals surface area contributed by atoms with Crippen molar-refractivity contribution in [1.29, 1.82) is 0 Å². The van der Waals surface area contributed by atoms with Gasteiger partial charge in [-0.3, -0.25) is 5.32 Å². The molecule has 6 aliphatic rings. The fourth-order valence-corrected chi connectivity index (χ4v) is 7.10. The minimum absolute atomic E-state index is 0. The Morgan fingerprint density at radius 3 is 1.85 bits per heavy atom. The summed E-state index contributed by atoms with van der Waals surface area (Å²) in [5, 5.41) is 28.5. The van der Waals surface area contributed by atoms with Crippen LogP contribution in [0.3, 0.4) is 0 Å². The van der Waals surface area contributed by atoms with Crippen molar-refractivity contribution in [2.75, 3.05) is 0 Å². The molecule has 6 nitrogen and oxygen atoms in total. The van der Waals surface area contributed by atoms with Gasteiger partial charge in [0.15, 0.2) is 0 Å². The number of aliphatic hydroxyl groups excluding tert-OH is 2. The number of hydrogen-bond donors (Lipinski definition) is 3. The van der Waals surface area contributed by atoms with Gasteiger partial charge in [-0.05, 0) is 57.1 Å². The molecule has 7 heteroatoms. The summed E-state index contributed by atoms with van der Waals surface area (Å²) in [6, 6.07) is 1.00. The van der Waals surface area contributed by atoms with Crippen molar-refractivity contribution >= 4 is 0 Å². The second kappa shape index (κ2) is 12.6. The van der Waals surface area contributed by atoms with Crippen LogP contribution in [-0.4, -0.2) is 59.2 Å². The summed E-state index contributed by atoms with van der Waals surface area (Å²) in [4.78, 5) is 0. The predicted octanol–water partition coefficient (Wildman–Crippen LogP) is 4.37. The van der Waals surface area contributed by atoms with Crippen LogP contribution in [-0.2, 0) is 29.0 Å². The molecule has 2 saturated heterocycles. The number of nitrogens with one attached hydrogen (secondary N) is 1. The largest absolute Gasteiger partial charge is 0.631 e. The average Bonchev–Trinajstić information content (AvgIpc) is 3.44. The van der Waals surface area contributed by atoms with Gasteiger partial charge >= 0.3 is 0 Å². The molecule has 0 aromatic heterocycles. The second-order valence-corrected chi connectivity index (χ2v) is 11.3. The van der Waals surface area contributed by atoms with Gasteiger partial charge in [0.05, 0.1) is 18.3 Å². The maximum absolute atomic E-state index is 10.0. The van der Waals surface area contributed by atoms with Crippen molar-refractivity contribution in [3.05, 3.63) is 5.32 Å². The van der Waals surface area contributed by atoms with E-state index in [1.54, 1.807) is 0 Å². The van der Waals surface area contributed by atoms with Crippen LogP contribution >= 0.6 is 0 Å². The average molecular weight is 515 g/mol. The third kappa shape index (κ3) is 6.39. The van der Waals surface area contributed by atoms with Crippen LogP contribution in [0.25, 0.3) is 5.32 Å². The Kier molecular flexibility index (Phi) is 10.1. The molecule has 0 amide bonds. The molecule has 2 heterocycles. The number of ether oxygens (including phenoxy) is 2. The Balaban J connectivity index is 0.000000152. The maximum Gasteiger partial charge on any atom is 0.114 e. The van der Waals surface area contributed by atoms with Crippen LogP contribution in [0, 0.1) is 11.8 Å². The number of nitrogens with zero attached hydrogens (tertiary/aromatic N) is 1. The first kappa shape index (κ1) is 26.4. The molecule has 0 aromatic carbocycles. The summed E-state index contributed by atoms with van der Waals surface area (Å²) >= 11 is 0. The van der Waals surface area contributed by atoms with E-state index in [0.717, 1.165) is 32.1 Å². The van der Waals surface area contributed by atoms with Crippen molar-refractivity contribution in [2.24, 2.45) is 11.8 Å². The van der Waals surface area contributed by atoms with E-state index in [1.165, 1.54) is 70.6 Å². The van der Waals surface area contributed by atoms with Crippen molar-refractivity contribution in [2.45, 2.75) is 152 Å². The SMILES string of the molecule is OC1CCCCC1C1NC2CCCCC2O1.OC1CCCCC1C1[N-]C2CCCCC2O1.[Zn]. The molecule has 0 bridgehead atoms. The number of rotatable bonds is 2. The zero-order valence-corrected chi connectivity index (χ0v) is 23.4. The number of hydrogen-bond acceptors (Lipinski definition) is 5. The van der Waals surface area contributed by atoms with Gasteiger partial charge in [0, 0.05) is 37.5 Å². The minimum atomic E-state index is -0.178. The first-order valence-corrected chi connectivity index (χ1v) is 13.8. The Hall–Kier alpha value is 0.383. The van der Waals surface area contributed by atoms with E-state index in [1.807, 2.05) is 0 Å². The van der Waals surface area contributed by atoms with Crippen LogP contribution in [0.1, 0.15) is 103 Å². The summed E-state index contributed by atoms with van der Waals surface area (Å²) in [5.41, 5.74) is 0. The molecule has 6 rings (SSSR count). The van der Waals surface area contributed by atoms with Gasteiger partial charge in [0.25, 0.3) is 0 Å². The van der Waals surface area contributed by atoms with Crippen LogP contribution in [0.4, 0.5) is 0 Å². The van der Waals surface area contributed by atoms with Crippen molar-refractivity contribution < 1.29 is 39.2 Å². The van der Waals surface area contributed by atoms with Gasteiger partial charge in [-0.2, -0.15) is 0 Å². The molecule has 0 spiro atoms. The van der Waals surface area contributed by atoms with Crippen LogP contribution in [0.15, 0.2) is 0 Å². The molecule has 33 heavy (non-hydrogen) atoms. The molecule has 10 unspecified atom stereocenters. The van der Waals surface area contributed by atoms with Gasteiger partial charge in [-0.1, -0.05) is 57.8 Å². The molecule has 2 aliphatic heterocycles. The molecule has 10 atom stereocenters. The Morgan fingerprint density at radius 1 is 0.606 bits per heavy atom. The topological polar surface area (TPSA) is 85.0 Å². The van der Waals surface area contributed by atoms with Crippen molar-refractivity contribution in [3.63, 3.8) is 0 Å². The molecule has 4 aliphatic carbocycles. The fourth-order valence-electron chi connectivity index (χ4n) is 7.10. The van der Waals surface area contributed by atoms with Gasteiger partial charge in [-0.25, -0.2) is 0 Å². The summed E-state index contributed by atoms with van der Waals surface area (Å²) in [7, 11) is 0. The Labute approximate surface area is 213 Å². The number of aliphatic hydroxyl groups is 2. The molecule has 6 fully saturated rings. The van der Waals surface area contributed by atoms with E-state index in [4.69, 9.17) is 14.8 Å². The van der Waals surface area contributed by atoms with Gasteiger partial charge in [0.2, 0.25) is 0 Å². The quantitative estimate of drug-likeness (QED) is 0.476. The van der Waals surface area contributed by atoms with Crippen molar-refractivity contribution in [1.82, 2.24) is 5.32 Å². The Morgan fingerprint density at radius 2 is 1.18 bits per heavy atom. The van der Waals surface area contributed by atoms with Gasteiger partial charge in [0.1, 0.15) is 6.23 Å². The van der Waals surface area contributed by atoms with Crippen LogP contribution in [0.5, 0.6) is 0 Å². The summed E-state index contributed by atoms with van der Waals surface area (Å²) in [5.74, 6) is 0.610. The zero-order chi connectivity index (χ0) is 21.9. The molecule has 0 radical (unpaired) electrons. The summed E-state index contributed by atoms with van der Waals surface area (Å²) < 4.78 is 12.2. The normalized spacial score (nSPS) is 47.5. The maximum atomic E-state index is 10.0. The molecular weight excluding hydrogens is 470 g/mol. The van der Waals surface area contributed by atoms with Crippen LogP contribution < -0.4 is 5.32 Å². The van der Waals surface area contributed by atoms with Crippen LogP contribution in [0.2, 0.25) is 0 Å². The van der Waals surface area contributed by atoms with Gasteiger partial charge < -0.3 is 25.0 Å². The molecule has 186 valence electrons. The third-order valence-electron chi connectivity index (χ3n) is 9.04. The smallest absolute Gasteiger partial charge is 0.114 e. The van der Waals surface area contributed by atoms with E-state index in [0.29, 0.717) is 30.2 Å². The zero-order valence-electron chi connectivity index (χ0n) is 20.5. The second-order valence-electron chi connectivity index (χ2n) is 11.3. The Bertz CT molecular complexity index is 521.